The largest absolute Gasteiger partial charge is 0.469 e. The quantitative estimate of drug-likeness (QED) is 0.596. The zero-order valence-corrected chi connectivity index (χ0v) is 7.82. The average molecular weight is 174 g/mol. The molecule has 2 atom stereocenters. The lowest BCUT2D eigenvalue weighted by molar-refractivity contribution is -0.144. The molecule has 3 heteroatoms. The molecule has 1 aliphatic rings. The number of hydrogen-bond acceptors (Lipinski definition) is 3. The number of carbonyl (C=O) groups excluding carboxylic acids is 1. The summed E-state index contributed by atoms with van der Waals surface area (Å²) in [7, 11) is 1.47. The van der Waals surface area contributed by atoms with Gasteiger partial charge in [-0.1, -0.05) is 6.42 Å². The minimum Gasteiger partial charge on any atom is -0.469 e. The Bertz CT molecular complexity index is 147. The van der Waals surface area contributed by atoms with Gasteiger partial charge in [0.05, 0.1) is 13.0 Å². The van der Waals surface area contributed by atoms with Gasteiger partial charge >= 0.3 is 5.97 Å². The van der Waals surface area contributed by atoms with E-state index in [2.05, 4.69) is 6.26 Å². The second kappa shape index (κ2) is 4.00. The van der Waals surface area contributed by atoms with Crippen LogP contribution < -0.4 is 0 Å². The molecule has 1 aliphatic carbocycles. The van der Waals surface area contributed by atoms with Crippen LogP contribution in [0.25, 0.3) is 0 Å². The lowest BCUT2D eigenvalue weighted by Gasteiger charge is -2.13. The Labute approximate surface area is 71.7 Å². The maximum atomic E-state index is 11.1. The smallest absolute Gasteiger partial charge is 0.309 e. The van der Waals surface area contributed by atoms with E-state index in [9.17, 15) is 4.79 Å². The molecule has 0 radical (unpaired) electrons. The van der Waals surface area contributed by atoms with E-state index < -0.39 is 0 Å². The predicted molar refractivity (Wildman–Crippen MR) is 46.7 cm³/mol. The highest BCUT2D eigenvalue weighted by molar-refractivity contribution is 7.99. The number of methoxy groups -OCH3 is 1. The van der Waals surface area contributed by atoms with E-state index in [0.717, 1.165) is 6.42 Å². The SMILES string of the molecule is COC(=O)C1CCCC1SC. The van der Waals surface area contributed by atoms with Gasteiger partial charge in [0, 0.05) is 5.25 Å². The van der Waals surface area contributed by atoms with E-state index in [1.54, 1.807) is 11.8 Å². The summed E-state index contributed by atoms with van der Waals surface area (Å²) in [6, 6.07) is 0. The first kappa shape index (κ1) is 8.91. The fourth-order valence-corrected chi connectivity index (χ4v) is 2.61. The summed E-state index contributed by atoms with van der Waals surface area (Å²) in [6.45, 7) is 0. The molecule has 0 N–H and O–H groups in total. The van der Waals surface area contributed by atoms with Crippen LogP contribution in [-0.4, -0.2) is 24.6 Å². The molecule has 0 aromatic heterocycles. The first-order valence-electron chi connectivity index (χ1n) is 3.90. The maximum Gasteiger partial charge on any atom is 0.309 e. The molecule has 64 valence electrons. The Balaban J connectivity index is 2.49. The molecule has 0 aromatic rings. The molecule has 2 unspecified atom stereocenters. The molecule has 0 amide bonds. The first-order chi connectivity index (χ1) is 5.29. The molecule has 0 aliphatic heterocycles. The zero-order valence-electron chi connectivity index (χ0n) is 7.00. The van der Waals surface area contributed by atoms with Gasteiger partial charge in [-0.25, -0.2) is 0 Å². The molecule has 2 nitrogen and oxygen atoms in total. The van der Waals surface area contributed by atoms with E-state index in [-0.39, 0.29) is 11.9 Å². The van der Waals surface area contributed by atoms with Crippen molar-refractivity contribution in [2.24, 2.45) is 5.92 Å². The van der Waals surface area contributed by atoms with Crippen molar-refractivity contribution in [2.45, 2.75) is 24.5 Å². The summed E-state index contributed by atoms with van der Waals surface area (Å²) in [5.74, 6) is 0.136. The lowest BCUT2D eigenvalue weighted by atomic mass is 10.1. The van der Waals surface area contributed by atoms with Gasteiger partial charge in [0.1, 0.15) is 0 Å². The summed E-state index contributed by atoms with van der Waals surface area (Å²) in [4.78, 5) is 11.1. The molecule has 0 aromatic carbocycles. The average Bonchev–Trinajstić information content (AvgIpc) is 2.50. The summed E-state index contributed by atoms with van der Waals surface area (Å²) in [5, 5.41) is 0.502. The Morgan fingerprint density at radius 2 is 2.27 bits per heavy atom. The van der Waals surface area contributed by atoms with E-state index in [0.29, 0.717) is 5.25 Å². The predicted octanol–water partition coefficient (Wildman–Crippen LogP) is 1.69. The number of esters is 1. The molecule has 11 heavy (non-hydrogen) atoms. The summed E-state index contributed by atoms with van der Waals surface area (Å²) < 4.78 is 4.71. The lowest BCUT2D eigenvalue weighted by Crippen LogP contribution is -2.21. The highest BCUT2D eigenvalue weighted by Gasteiger charge is 2.32. The third-order valence-electron chi connectivity index (χ3n) is 2.26. The van der Waals surface area contributed by atoms with Crippen molar-refractivity contribution in [3.8, 4) is 0 Å². The van der Waals surface area contributed by atoms with E-state index >= 15 is 0 Å². The highest BCUT2D eigenvalue weighted by atomic mass is 32.2. The van der Waals surface area contributed by atoms with Crippen LogP contribution in [0.4, 0.5) is 0 Å². The van der Waals surface area contributed by atoms with Gasteiger partial charge in [-0.2, -0.15) is 11.8 Å². The van der Waals surface area contributed by atoms with Crippen LogP contribution in [0.3, 0.4) is 0 Å². The van der Waals surface area contributed by atoms with Crippen LogP contribution in [-0.2, 0) is 9.53 Å². The molecular weight excluding hydrogens is 160 g/mol. The van der Waals surface area contributed by atoms with Gasteiger partial charge in [-0.15, -0.1) is 0 Å². The van der Waals surface area contributed by atoms with Gasteiger partial charge in [0.2, 0.25) is 0 Å². The molecule has 1 rings (SSSR count). The maximum absolute atomic E-state index is 11.1. The molecule has 1 fully saturated rings. The van der Waals surface area contributed by atoms with Gasteiger partial charge in [0.15, 0.2) is 0 Å². The van der Waals surface area contributed by atoms with Crippen molar-refractivity contribution in [1.29, 1.82) is 0 Å². The summed E-state index contributed by atoms with van der Waals surface area (Å²) >= 11 is 1.78. The number of thioether (sulfide) groups is 1. The zero-order chi connectivity index (χ0) is 8.27. The molecular formula is C8H14O2S. The fraction of sp³-hybridized carbons (Fsp3) is 0.875. The number of ether oxygens (including phenoxy) is 1. The minimum atomic E-state index is -0.0261. The Morgan fingerprint density at radius 1 is 1.55 bits per heavy atom. The third kappa shape index (κ3) is 1.89. The van der Waals surface area contributed by atoms with Crippen LogP contribution in [0.1, 0.15) is 19.3 Å². The molecule has 0 saturated heterocycles. The minimum absolute atomic E-state index is 0.0261. The monoisotopic (exact) mass is 174 g/mol. The topological polar surface area (TPSA) is 26.3 Å². The van der Waals surface area contributed by atoms with Gasteiger partial charge in [-0.3, -0.25) is 4.79 Å². The Kier molecular flexibility index (Phi) is 3.24. The Morgan fingerprint density at radius 3 is 2.82 bits per heavy atom. The van der Waals surface area contributed by atoms with E-state index in [1.165, 1.54) is 20.0 Å². The van der Waals surface area contributed by atoms with Crippen molar-refractivity contribution in [2.75, 3.05) is 13.4 Å². The van der Waals surface area contributed by atoms with Crippen molar-refractivity contribution in [3.63, 3.8) is 0 Å². The third-order valence-corrected chi connectivity index (χ3v) is 3.43. The number of rotatable bonds is 2. The molecule has 0 spiro atoms. The van der Waals surface area contributed by atoms with Crippen LogP contribution in [0.2, 0.25) is 0 Å². The first-order valence-corrected chi connectivity index (χ1v) is 5.19. The summed E-state index contributed by atoms with van der Waals surface area (Å²) in [5.41, 5.74) is 0. The van der Waals surface area contributed by atoms with Crippen molar-refractivity contribution < 1.29 is 9.53 Å². The molecule has 1 saturated carbocycles. The van der Waals surface area contributed by atoms with Crippen LogP contribution >= 0.6 is 11.8 Å². The molecule has 0 heterocycles. The second-order valence-corrected chi connectivity index (χ2v) is 3.91. The van der Waals surface area contributed by atoms with E-state index in [1.807, 2.05) is 0 Å². The highest BCUT2D eigenvalue weighted by Crippen LogP contribution is 2.34. The number of carbonyl (C=O) groups is 1. The van der Waals surface area contributed by atoms with Crippen molar-refractivity contribution in [1.82, 2.24) is 0 Å². The number of hydrogen-bond donors (Lipinski definition) is 0. The van der Waals surface area contributed by atoms with Crippen molar-refractivity contribution in [3.05, 3.63) is 0 Å². The van der Waals surface area contributed by atoms with Gasteiger partial charge in [0.25, 0.3) is 0 Å². The van der Waals surface area contributed by atoms with Crippen molar-refractivity contribution >= 4 is 17.7 Å². The Hall–Kier alpha value is -0.180. The standard InChI is InChI=1S/C8H14O2S/c1-10-8(9)6-4-3-5-7(6)11-2/h6-7H,3-5H2,1-2H3. The normalized spacial score (nSPS) is 30.4. The van der Waals surface area contributed by atoms with Gasteiger partial charge < -0.3 is 4.74 Å². The second-order valence-electron chi connectivity index (χ2n) is 2.83. The molecule has 0 bridgehead atoms. The summed E-state index contributed by atoms with van der Waals surface area (Å²) in [6.07, 6.45) is 5.41. The fourth-order valence-electron chi connectivity index (χ4n) is 1.63. The van der Waals surface area contributed by atoms with Crippen LogP contribution in [0.5, 0.6) is 0 Å². The van der Waals surface area contributed by atoms with Crippen LogP contribution in [0, 0.1) is 5.92 Å². The van der Waals surface area contributed by atoms with Crippen LogP contribution in [0.15, 0.2) is 0 Å². The van der Waals surface area contributed by atoms with Gasteiger partial charge in [-0.05, 0) is 19.1 Å². The van der Waals surface area contributed by atoms with E-state index in [4.69, 9.17) is 4.74 Å².